The van der Waals surface area contributed by atoms with Gasteiger partial charge in [-0.2, -0.15) is 0 Å². The number of H-pyrrole nitrogens is 1. The van der Waals surface area contributed by atoms with E-state index in [0.29, 0.717) is 10.5 Å². The van der Waals surface area contributed by atoms with Crippen LogP contribution in [0.1, 0.15) is 6.92 Å². The van der Waals surface area contributed by atoms with E-state index in [4.69, 9.17) is 17.0 Å². The van der Waals surface area contributed by atoms with E-state index in [-0.39, 0.29) is 5.97 Å². The van der Waals surface area contributed by atoms with Crippen molar-refractivity contribution in [1.82, 2.24) is 4.98 Å². The number of esters is 1. The standard InChI is InChI=1S/C7H7NO2S/c1-5(9)10-6-3-2-4-7(11)8-6/h2-4H,1H3,(H,8,11). The van der Waals surface area contributed by atoms with Gasteiger partial charge < -0.3 is 9.72 Å². The lowest BCUT2D eigenvalue weighted by molar-refractivity contribution is -0.132. The fourth-order valence-corrected chi connectivity index (χ4v) is 0.821. The molecule has 0 unspecified atom stereocenters. The summed E-state index contributed by atoms with van der Waals surface area (Å²) in [7, 11) is 0. The van der Waals surface area contributed by atoms with Crippen LogP contribution in [-0.2, 0) is 4.79 Å². The van der Waals surface area contributed by atoms with Crippen LogP contribution in [0.15, 0.2) is 18.2 Å². The zero-order valence-corrected chi connectivity index (χ0v) is 6.77. The van der Waals surface area contributed by atoms with Gasteiger partial charge in [-0.3, -0.25) is 4.79 Å². The summed E-state index contributed by atoms with van der Waals surface area (Å²) in [6, 6.07) is 5.07. The van der Waals surface area contributed by atoms with Crippen molar-refractivity contribution in [2.45, 2.75) is 6.92 Å². The molecule has 58 valence electrons. The summed E-state index contributed by atoms with van der Waals surface area (Å²) < 4.78 is 5.28. The van der Waals surface area contributed by atoms with Gasteiger partial charge in [0.1, 0.15) is 4.64 Å². The van der Waals surface area contributed by atoms with Crippen LogP contribution in [0, 0.1) is 4.64 Å². The number of pyridine rings is 1. The van der Waals surface area contributed by atoms with E-state index in [2.05, 4.69) is 4.98 Å². The minimum atomic E-state index is -0.359. The van der Waals surface area contributed by atoms with E-state index >= 15 is 0 Å². The van der Waals surface area contributed by atoms with Crippen LogP contribution in [0.25, 0.3) is 0 Å². The molecule has 1 N–H and O–H groups in total. The SMILES string of the molecule is CC(=O)Oc1cccc(=S)[nH]1. The van der Waals surface area contributed by atoms with E-state index in [1.165, 1.54) is 6.92 Å². The van der Waals surface area contributed by atoms with Gasteiger partial charge in [0.15, 0.2) is 0 Å². The molecular weight excluding hydrogens is 162 g/mol. The zero-order valence-electron chi connectivity index (χ0n) is 5.96. The zero-order chi connectivity index (χ0) is 8.27. The Morgan fingerprint density at radius 2 is 2.36 bits per heavy atom. The normalized spacial score (nSPS) is 9.18. The Kier molecular flexibility index (Phi) is 2.38. The molecule has 1 aromatic heterocycles. The fraction of sp³-hybridized carbons (Fsp3) is 0.143. The van der Waals surface area contributed by atoms with Crippen LogP contribution in [0.2, 0.25) is 0 Å². The van der Waals surface area contributed by atoms with E-state index in [0.717, 1.165) is 0 Å². The molecule has 0 spiro atoms. The van der Waals surface area contributed by atoms with E-state index < -0.39 is 0 Å². The molecule has 0 saturated carbocycles. The molecule has 0 saturated heterocycles. The lowest BCUT2D eigenvalue weighted by Gasteiger charge is -1.98. The molecule has 4 heteroatoms. The summed E-state index contributed by atoms with van der Waals surface area (Å²) in [6.07, 6.45) is 0. The molecule has 0 bridgehead atoms. The van der Waals surface area contributed by atoms with Gasteiger partial charge in [-0.25, -0.2) is 0 Å². The lowest BCUT2D eigenvalue weighted by Crippen LogP contribution is -2.02. The van der Waals surface area contributed by atoms with Gasteiger partial charge in [0, 0.05) is 6.92 Å². The second kappa shape index (κ2) is 3.30. The molecule has 0 aromatic carbocycles. The van der Waals surface area contributed by atoms with Crippen LogP contribution in [0.5, 0.6) is 5.88 Å². The molecule has 3 nitrogen and oxygen atoms in total. The third-order valence-corrected chi connectivity index (χ3v) is 1.23. The fourth-order valence-electron chi connectivity index (χ4n) is 0.642. The number of nitrogens with one attached hydrogen (secondary N) is 1. The van der Waals surface area contributed by atoms with Crippen molar-refractivity contribution in [3.63, 3.8) is 0 Å². The van der Waals surface area contributed by atoms with E-state index in [9.17, 15) is 4.79 Å². The minimum Gasteiger partial charge on any atom is -0.410 e. The molecular formula is C7H7NO2S. The number of carbonyl (C=O) groups excluding carboxylic acids is 1. The van der Waals surface area contributed by atoms with E-state index in [1.54, 1.807) is 18.2 Å². The first-order chi connectivity index (χ1) is 5.18. The molecule has 0 amide bonds. The van der Waals surface area contributed by atoms with Crippen molar-refractivity contribution in [3.05, 3.63) is 22.8 Å². The third-order valence-electron chi connectivity index (χ3n) is 0.995. The Bertz CT molecular complexity index is 318. The van der Waals surface area contributed by atoms with Crippen molar-refractivity contribution in [2.75, 3.05) is 0 Å². The predicted octanol–water partition coefficient (Wildman–Crippen LogP) is 1.67. The summed E-state index contributed by atoms with van der Waals surface area (Å²) in [4.78, 5) is 13.2. The van der Waals surface area contributed by atoms with Gasteiger partial charge in [0.2, 0.25) is 5.88 Å². The van der Waals surface area contributed by atoms with Crippen molar-refractivity contribution in [1.29, 1.82) is 0 Å². The molecule has 1 aromatic rings. The molecule has 0 fully saturated rings. The summed E-state index contributed by atoms with van der Waals surface area (Å²) >= 11 is 4.81. The Hall–Kier alpha value is -1.16. The summed E-state index contributed by atoms with van der Waals surface area (Å²) in [5.41, 5.74) is 0. The molecule has 11 heavy (non-hydrogen) atoms. The van der Waals surface area contributed by atoms with Gasteiger partial charge in [-0.15, -0.1) is 0 Å². The minimum absolute atomic E-state index is 0.359. The topological polar surface area (TPSA) is 42.1 Å². The second-order valence-corrected chi connectivity index (χ2v) is 2.41. The number of ether oxygens (including phenoxy) is 1. The summed E-state index contributed by atoms with van der Waals surface area (Å²) in [6.45, 7) is 1.34. The van der Waals surface area contributed by atoms with Crippen molar-refractivity contribution < 1.29 is 9.53 Å². The van der Waals surface area contributed by atoms with Crippen molar-refractivity contribution in [2.24, 2.45) is 0 Å². The molecule has 0 radical (unpaired) electrons. The van der Waals surface area contributed by atoms with Crippen LogP contribution in [0.3, 0.4) is 0 Å². The van der Waals surface area contributed by atoms with Crippen LogP contribution in [0.4, 0.5) is 0 Å². The van der Waals surface area contributed by atoms with Gasteiger partial charge in [0.25, 0.3) is 0 Å². The highest BCUT2D eigenvalue weighted by Gasteiger charge is 1.94. The Morgan fingerprint density at radius 1 is 1.64 bits per heavy atom. The van der Waals surface area contributed by atoms with E-state index in [1.807, 2.05) is 0 Å². The summed E-state index contributed by atoms with van der Waals surface area (Å²) in [5, 5.41) is 0. The Balaban J connectivity index is 2.88. The van der Waals surface area contributed by atoms with Gasteiger partial charge in [0.05, 0.1) is 0 Å². The van der Waals surface area contributed by atoms with Crippen molar-refractivity contribution in [3.8, 4) is 5.88 Å². The highest BCUT2D eigenvalue weighted by molar-refractivity contribution is 7.71. The smallest absolute Gasteiger partial charge is 0.309 e. The maximum atomic E-state index is 10.4. The average Bonchev–Trinajstić information content (AvgIpc) is 1.85. The summed E-state index contributed by atoms with van der Waals surface area (Å²) in [5.74, 6) is 0.0202. The quantitative estimate of drug-likeness (QED) is 0.513. The first-order valence-corrected chi connectivity index (χ1v) is 3.47. The number of carbonyl (C=O) groups is 1. The van der Waals surface area contributed by atoms with Gasteiger partial charge >= 0.3 is 5.97 Å². The number of aromatic amines is 1. The average molecular weight is 169 g/mol. The maximum absolute atomic E-state index is 10.4. The Labute approximate surface area is 69.0 Å². The highest BCUT2D eigenvalue weighted by atomic mass is 32.1. The lowest BCUT2D eigenvalue weighted by atomic mass is 10.5. The molecule has 1 rings (SSSR count). The first kappa shape index (κ1) is 7.94. The van der Waals surface area contributed by atoms with Crippen molar-refractivity contribution >= 4 is 18.2 Å². The van der Waals surface area contributed by atoms with Crippen LogP contribution < -0.4 is 4.74 Å². The third kappa shape index (κ3) is 2.51. The van der Waals surface area contributed by atoms with Crippen LogP contribution in [-0.4, -0.2) is 11.0 Å². The second-order valence-electron chi connectivity index (χ2n) is 1.97. The molecule has 0 aliphatic rings. The monoisotopic (exact) mass is 169 g/mol. The number of hydrogen-bond donors (Lipinski definition) is 1. The number of hydrogen-bond acceptors (Lipinski definition) is 3. The van der Waals surface area contributed by atoms with Gasteiger partial charge in [-0.05, 0) is 12.1 Å². The maximum Gasteiger partial charge on any atom is 0.309 e. The predicted molar refractivity (Wildman–Crippen MR) is 42.9 cm³/mol. The first-order valence-electron chi connectivity index (χ1n) is 3.06. The number of aromatic nitrogens is 1. The molecule has 1 heterocycles. The largest absolute Gasteiger partial charge is 0.410 e. The van der Waals surface area contributed by atoms with Crippen LogP contribution >= 0.6 is 12.2 Å². The molecule has 0 atom stereocenters. The molecule has 0 aliphatic heterocycles. The Morgan fingerprint density at radius 3 is 2.91 bits per heavy atom. The molecule has 0 aliphatic carbocycles. The number of rotatable bonds is 1. The van der Waals surface area contributed by atoms with Gasteiger partial charge in [-0.1, -0.05) is 18.3 Å². The highest BCUT2D eigenvalue weighted by Crippen LogP contribution is 2.04.